The van der Waals surface area contributed by atoms with Crippen LogP contribution in [-0.4, -0.2) is 14.8 Å². The van der Waals surface area contributed by atoms with Crippen LogP contribution in [0.25, 0.3) is 5.69 Å². The highest BCUT2D eigenvalue weighted by molar-refractivity contribution is 6.30. The van der Waals surface area contributed by atoms with E-state index >= 15 is 0 Å². The Balaban J connectivity index is 2.07. The van der Waals surface area contributed by atoms with E-state index in [4.69, 9.17) is 11.6 Å². The second-order valence-corrected chi connectivity index (χ2v) is 4.71. The third-order valence-corrected chi connectivity index (χ3v) is 3.12. The van der Waals surface area contributed by atoms with Gasteiger partial charge in [0.05, 0.1) is 11.9 Å². The summed E-state index contributed by atoms with van der Waals surface area (Å²) in [7, 11) is 0. The highest BCUT2D eigenvalue weighted by Gasteiger charge is 2.12. The lowest BCUT2D eigenvalue weighted by Gasteiger charge is -2.10. The van der Waals surface area contributed by atoms with E-state index in [1.54, 1.807) is 29.2 Å². The summed E-state index contributed by atoms with van der Waals surface area (Å²) in [5.41, 5.74) is 2.05. The Kier molecular flexibility index (Phi) is 3.54. The van der Waals surface area contributed by atoms with Crippen LogP contribution in [0.15, 0.2) is 55.0 Å². The number of aromatic nitrogens is 3. The standard InChI is InChI=1S/C15H10ClN5/c16-12-2-1-3-14(8-12)21-15(11(9-17)10-19-21)20-13-4-6-18-7-5-13/h1-8,10H,(H,18,20). The number of hydrogen-bond donors (Lipinski definition) is 1. The summed E-state index contributed by atoms with van der Waals surface area (Å²) in [6.45, 7) is 0. The Hall–Kier alpha value is -2.84. The van der Waals surface area contributed by atoms with E-state index in [-0.39, 0.29) is 0 Å². The van der Waals surface area contributed by atoms with E-state index in [0.29, 0.717) is 16.4 Å². The molecular formula is C15H10ClN5. The summed E-state index contributed by atoms with van der Waals surface area (Å²) in [6.07, 6.45) is 4.87. The quantitative estimate of drug-likeness (QED) is 0.802. The van der Waals surface area contributed by atoms with Gasteiger partial charge >= 0.3 is 0 Å². The first kappa shape index (κ1) is 13.2. The summed E-state index contributed by atoms with van der Waals surface area (Å²) >= 11 is 6.01. The first-order valence-corrected chi connectivity index (χ1v) is 6.57. The second kappa shape index (κ2) is 5.65. The lowest BCUT2D eigenvalue weighted by molar-refractivity contribution is 0.888. The second-order valence-electron chi connectivity index (χ2n) is 4.27. The Labute approximate surface area is 126 Å². The van der Waals surface area contributed by atoms with E-state index in [0.717, 1.165) is 11.4 Å². The van der Waals surface area contributed by atoms with Crippen molar-refractivity contribution in [1.82, 2.24) is 14.8 Å². The summed E-state index contributed by atoms with van der Waals surface area (Å²) in [5, 5.41) is 17.3. The van der Waals surface area contributed by atoms with Gasteiger partial charge in [-0.25, -0.2) is 4.68 Å². The van der Waals surface area contributed by atoms with Crippen LogP contribution >= 0.6 is 11.6 Å². The molecule has 0 radical (unpaired) electrons. The smallest absolute Gasteiger partial charge is 0.152 e. The molecule has 0 aliphatic carbocycles. The molecule has 0 saturated carbocycles. The van der Waals surface area contributed by atoms with Crippen molar-refractivity contribution in [2.45, 2.75) is 0 Å². The molecule has 0 bridgehead atoms. The van der Waals surface area contributed by atoms with Crippen molar-refractivity contribution >= 4 is 23.1 Å². The maximum absolute atomic E-state index is 9.23. The molecule has 5 nitrogen and oxygen atoms in total. The highest BCUT2D eigenvalue weighted by Crippen LogP contribution is 2.24. The minimum atomic E-state index is 0.451. The monoisotopic (exact) mass is 295 g/mol. The van der Waals surface area contributed by atoms with Crippen LogP contribution in [0.3, 0.4) is 0 Å². The van der Waals surface area contributed by atoms with Gasteiger partial charge in [-0.15, -0.1) is 0 Å². The number of nitrogens with one attached hydrogen (secondary N) is 1. The minimum Gasteiger partial charge on any atom is -0.339 e. The van der Waals surface area contributed by atoms with E-state index in [1.807, 2.05) is 24.3 Å². The predicted molar refractivity (Wildman–Crippen MR) is 80.8 cm³/mol. The maximum atomic E-state index is 9.23. The Bertz CT molecular complexity index is 804. The van der Waals surface area contributed by atoms with Gasteiger partial charge in [-0.1, -0.05) is 17.7 Å². The van der Waals surface area contributed by atoms with Crippen LogP contribution in [-0.2, 0) is 0 Å². The number of anilines is 2. The molecule has 1 N–H and O–H groups in total. The molecule has 0 saturated heterocycles. The molecule has 0 spiro atoms. The number of benzene rings is 1. The van der Waals surface area contributed by atoms with Crippen LogP contribution in [0.4, 0.5) is 11.5 Å². The van der Waals surface area contributed by atoms with E-state index in [2.05, 4.69) is 21.5 Å². The molecule has 0 amide bonds. The normalized spacial score (nSPS) is 10.1. The molecule has 1 aromatic carbocycles. The number of nitrogens with zero attached hydrogens (tertiary/aromatic N) is 4. The fourth-order valence-corrected chi connectivity index (χ4v) is 2.11. The zero-order valence-corrected chi connectivity index (χ0v) is 11.6. The largest absolute Gasteiger partial charge is 0.339 e. The van der Waals surface area contributed by atoms with Gasteiger partial charge in [0, 0.05) is 23.1 Å². The van der Waals surface area contributed by atoms with Crippen LogP contribution < -0.4 is 5.32 Å². The highest BCUT2D eigenvalue weighted by atomic mass is 35.5. The lowest BCUT2D eigenvalue weighted by Crippen LogP contribution is -2.03. The van der Waals surface area contributed by atoms with Gasteiger partial charge in [0.25, 0.3) is 0 Å². The summed E-state index contributed by atoms with van der Waals surface area (Å²) < 4.78 is 1.64. The van der Waals surface area contributed by atoms with Crippen LogP contribution in [0.1, 0.15) is 5.56 Å². The first-order chi connectivity index (χ1) is 10.3. The SMILES string of the molecule is N#Cc1cnn(-c2cccc(Cl)c2)c1Nc1ccncc1. The van der Waals surface area contributed by atoms with Crippen LogP contribution in [0, 0.1) is 11.3 Å². The molecule has 21 heavy (non-hydrogen) atoms. The topological polar surface area (TPSA) is 66.5 Å². The Morgan fingerprint density at radius 3 is 2.71 bits per heavy atom. The van der Waals surface area contributed by atoms with Crippen molar-refractivity contribution in [2.24, 2.45) is 0 Å². The number of nitriles is 1. The van der Waals surface area contributed by atoms with Crippen molar-refractivity contribution in [3.8, 4) is 11.8 Å². The van der Waals surface area contributed by atoms with Crippen molar-refractivity contribution < 1.29 is 0 Å². The van der Waals surface area contributed by atoms with Crippen LogP contribution in [0.2, 0.25) is 5.02 Å². The van der Waals surface area contributed by atoms with Crippen molar-refractivity contribution in [2.75, 3.05) is 5.32 Å². The molecule has 102 valence electrons. The first-order valence-electron chi connectivity index (χ1n) is 6.19. The van der Waals surface area contributed by atoms with Gasteiger partial charge < -0.3 is 5.32 Å². The van der Waals surface area contributed by atoms with E-state index in [9.17, 15) is 5.26 Å². The number of halogens is 1. The number of rotatable bonds is 3. The molecule has 2 heterocycles. The van der Waals surface area contributed by atoms with Gasteiger partial charge in [-0.05, 0) is 30.3 Å². The zero-order valence-electron chi connectivity index (χ0n) is 10.9. The molecule has 0 aliphatic rings. The summed E-state index contributed by atoms with van der Waals surface area (Å²) in [5.74, 6) is 0.589. The number of hydrogen-bond acceptors (Lipinski definition) is 4. The maximum Gasteiger partial charge on any atom is 0.152 e. The average molecular weight is 296 g/mol. The molecule has 0 atom stereocenters. The van der Waals surface area contributed by atoms with Gasteiger partial charge in [0.1, 0.15) is 11.6 Å². The molecule has 2 aromatic heterocycles. The summed E-state index contributed by atoms with van der Waals surface area (Å²) in [6, 6.07) is 13.0. The minimum absolute atomic E-state index is 0.451. The third kappa shape index (κ3) is 2.71. The van der Waals surface area contributed by atoms with Gasteiger partial charge in [-0.2, -0.15) is 10.4 Å². The van der Waals surface area contributed by atoms with Crippen molar-refractivity contribution in [1.29, 1.82) is 5.26 Å². The fourth-order valence-electron chi connectivity index (χ4n) is 1.93. The lowest BCUT2D eigenvalue weighted by atomic mass is 10.3. The van der Waals surface area contributed by atoms with E-state index < -0.39 is 0 Å². The molecular weight excluding hydrogens is 286 g/mol. The van der Waals surface area contributed by atoms with Crippen molar-refractivity contribution in [3.05, 3.63) is 65.6 Å². The molecule has 6 heteroatoms. The molecule has 3 rings (SSSR count). The number of pyridine rings is 1. The van der Waals surface area contributed by atoms with Gasteiger partial charge in [0.15, 0.2) is 5.82 Å². The molecule has 0 unspecified atom stereocenters. The summed E-state index contributed by atoms with van der Waals surface area (Å²) in [4.78, 5) is 3.96. The van der Waals surface area contributed by atoms with Gasteiger partial charge in [0.2, 0.25) is 0 Å². The molecule has 0 aliphatic heterocycles. The molecule has 3 aromatic rings. The predicted octanol–water partition coefficient (Wildman–Crippen LogP) is 3.54. The Morgan fingerprint density at radius 2 is 2.00 bits per heavy atom. The average Bonchev–Trinajstić information content (AvgIpc) is 2.91. The zero-order chi connectivity index (χ0) is 14.7. The van der Waals surface area contributed by atoms with Gasteiger partial charge in [-0.3, -0.25) is 4.98 Å². The third-order valence-electron chi connectivity index (χ3n) is 2.89. The molecule has 0 fully saturated rings. The van der Waals surface area contributed by atoms with E-state index in [1.165, 1.54) is 6.20 Å². The van der Waals surface area contributed by atoms with Crippen LogP contribution in [0.5, 0.6) is 0 Å². The Morgan fingerprint density at radius 1 is 1.19 bits per heavy atom. The fraction of sp³-hybridized carbons (Fsp3) is 0. The van der Waals surface area contributed by atoms with Crippen molar-refractivity contribution in [3.63, 3.8) is 0 Å².